The number of carbonyl (C=O) groups excluding carboxylic acids is 1. The third-order valence-electron chi connectivity index (χ3n) is 5.95. The molecule has 164 valence electrons. The molecule has 0 spiro atoms. The van der Waals surface area contributed by atoms with E-state index in [-0.39, 0.29) is 18.7 Å². The van der Waals surface area contributed by atoms with Crippen molar-refractivity contribution in [3.63, 3.8) is 0 Å². The van der Waals surface area contributed by atoms with E-state index in [0.29, 0.717) is 13.3 Å². The van der Waals surface area contributed by atoms with E-state index in [4.69, 9.17) is 18.9 Å². The molecule has 5 rings (SSSR count). The summed E-state index contributed by atoms with van der Waals surface area (Å²) in [6, 6.07) is 11.8. The van der Waals surface area contributed by atoms with Gasteiger partial charge in [-0.05, 0) is 42.3 Å². The summed E-state index contributed by atoms with van der Waals surface area (Å²) < 4.78 is 21.6. The summed E-state index contributed by atoms with van der Waals surface area (Å²) in [7, 11) is 0. The van der Waals surface area contributed by atoms with Crippen molar-refractivity contribution >= 4 is 5.91 Å². The fourth-order valence-electron chi connectivity index (χ4n) is 4.16. The number of hydrogen-bond donors (Lipinski definition) is 1. The smallest absolute Gasteiger partial charge is 0.234 e. The normalized spacial score (nSPS) is 18.7. The van der Waals surface area contributed by atoms with E-state index >= 15 is 0 Å². The van der Waals surface area contributed by atoms with Crippen LogP contribution in [-0.4, -0.2) is 62.0 Å². The maximum atomic E-state index is 12.6. The molecule has 3 aliphatic rings. The van der Waals surface area contributed by atoms with Gasteiger partial charge in [-0.25, -0.2) is 0 Å². The van der Waals surface area contributed by atoms with E-state index in [0.717, 1.165) is 61.3 Å². The summed E-state index contributed by atoms with van der Waals surface area (Å²) >= 11 is 0. The van der Waals surface area contributed by atoms with Crippen molar-refractivity contribution in [3.8, 4) is 23.0 Å². The molecular weight excluding hydrogens is 398 g/mol. The highest BCUT2D eigenvalue weighted by molar-refractivity contribution is 5.78. The Morgan fingerprint density at radius 1 is 0.871 bits per heavy atom. The fraction of sp³-hybridized carbons (Fsp3) is 0.435. The molecule has 0 aromatic heterocycles. The van der Waals surface area contributed by atoms with E-state index in [1.165, 1.54) is 5.56 Å². The highest BCUT2D eigenvalue weighted by Gasteiger charge is 2.22. The van der Waals surface area contributed by atoms with E-state index in [9.17, 15) is 4.79 Å². The monoisotopic (exact) mass is 425 g/mol. The van der Waals surface area contributed by atoms with Gasteiger partial charge in [-0.2, -0.15) is 0 Å². The number of fused-ring (bicyclic) bond motifs is 2. The minimum absolute atomic E-state index is 0.0365. The molecule has 2 aromatic carbocycles. The van der Waals surface area contributed by atoms with Crippen LogP contribution in [0.25, 0.3) is 0 Å². The number of hydrogen-bond acceptors (Lipinski definition) is 7. The van der Waals surface area contributed by atoms with Crippen molar-refractivity contribution in [1.82, 2.24) is 15.1 Å². The van der Waals surface area contributed by atoms with Crippen molar-refractivity contribution in [2.24, 2.45) is 0 Å². The SMILES string of the molecule is C[C@H](NC(=O)CN1CCN(Cc2ccc3c(c2)OCO3)CC1)c1ccc2c(c1)OCO2. The van der Waals surface area contributed by atoms with E-state index < -0.39 is 0 Å². The molecular formula is C23H27N3O5. The van der Waals surface area contributed by atoms with Gasteiger partial charge >= 0.3 is 0 Å². The Morgan fingerprint density at radius 3 is 2.23 bits per heavy atom. The second-order valence-electron chi connectivity index (χ2n) is 8.14. The first-order valence-electron chi connectivity index (χ1n) is 10.7. The molecule has 1 N–H and O–H groups in total. The molecule has 8 nitrogen and oxygen atoms in total. The van der Waals surface area contributed by atoms with Crippen LogP contribution >= 0.6 is 0 Å². The molecule has 3 heterocycles. The van der Waals surface area contributed by atoms with Crippen molar-refractivity contribution in [3.05, 3.63) is 47.5 Å². The fourth-order valence-corrected chi connectivity index (χ4v) is 4.16. The van der Waals surface area contributed by atoms with Crippen molar-refractivity contribution in [2.75, 3.05) is 46.3 Å². The maximum absolute atomic E-state index is 12.6. The van der Waals surface area contributed by atoms with Crippen LogP contribution in [0.3, 0.4) is 0 Å². The van der Waals surface area contributed by atoms with E-state index in [1.807, 2.05) is 31.2 Å². The summed E-state index contributed by atoms with van der Waals surface area (Å²) in [4.78, 5) is 17.2. The predicted molar refractivity (Wildman–Crippen MR) is 113 cm³/mol. The first-order valence-corrected chi connectivity index (χ1v) is 10.7. The molecule has 1 saturated heterocycles. The van der Waals surface area contributed by atoms with Gasteiger partial charge in [0.2, 0.25) is 19.5 Å². The van der Waals surface area contributed by atoms with Gasteiger partial charge in [0.25, 0.3) is 0 Å². The molecule has 0 bridgehead atoms. The largest absolute Gasteiger partial charge is 0.454 e. The summed E-state index contributed by atoms with van der Waals surface area (Å²) in [6.07, 6.45) is 0. The van der Waals surface area contributed by atoms with Crippen molar-refractivity contribution < 1.29 is 23.7 Å². The average molecular weight is 425 g/mol. The molecule has 1 atom stereocenters. The van der Waals surface area contributed by atoms with Gasteiger partial charge in [0.1, 0.15) is 0 Å². The first kappa shape index (κ1) is 20.0. The molecule has 0 radical (unpaired) electrons. The number of piperazine rings is 1. The van der Waals surface area contributed by atoms with Gasteiger partial charge in [0, 0.05) is 32.7 Å². The second-order valence-corrected chi connectivity index (χ2v) is 8.14. The minimum atomic E-state index is -0.0886. The summed E-state index contributed by atoms with van der Waals surface area (Å²) in [5, 5.41) is 3.09. The molecule has 2 aromatic rings. The van der Waals surface area contributed by atoms with Crippen LogP contribution in [0, 0.1) is 0 Å². The molecule has 1 fully saturated rings. The zero-order chi connectivity index (χ0) is 21.2. The Kier molecular flexibility index (Phi) is 5.57. The van der Waals surface area contributed by atoms with Crippen LogP contribution in [0.4, 0.5) is 0 Å². The third-order valence-corrected chi connectivity index (χ3v) is 5.95. The lowest BCUT2D eigenvalue weighted by molar-refractivity contribution is -0.123. The lowest BCUT2D eigenvalue weighted by Gasteiger charge is -2.34. The predicted octanol–water partition coefficient (Wildman–Crippen LogP) is 2.14. The van der Waals surface area contributed by atoms with Gasteiger partial charge in [-0.15, -0.1) is 0 Å². The zero-order valence-corrected chi connectivity index (χ0v) is 17.6. The molecule has 0 aliphatic carbocycles. The molecule has 3 aliphatic heterocycles. The molecule has 0 unspecified atom stereocenters. The molecule has 1 amide bonds. The van der Waals surface area contributed by atoms with E-state index in [1.54, 1.807) is 0 Å². The molecule has 0 saturated carbocycles. The Morgan fingerprint density at radius 2 is 1.48 bits per heavy atom. The average Bonchev–Trinajstić information content (AvgIpc) is 3.43. The van der Waals surface area contributed by atoms with Crippen LogP contribution < -0.4 is 24.3 Å². The number of nitrogens with zero attached hydrogens (tertiary/aromatic N) is 2. The highest BCUT2D eigenvalue weighted by atomic mass is 16.7. The summed E-state index contributed by atoms with van der Waals surface area (Å²) in [5.74, 6) is 3.16. The second kappa shape index (κ2) is 8.64. The van der Waals surface area contributed by atoms with Crippen LogP contribution in [0.2, 0.25) is 0 Å². The summed E-state index contributed by atoms with van der Waals surface area (Å²) in [5.41, 5.74) is 2.22. The Hall–Kier alpha value is -2.97. The van der Waals surface area contributed by atoms with Crippen LogP contribution in [0.5, 0.6) is 23.0 Å². The topological polar surface area (TPSA) is 72.5 Å². The van der Waals surface area contributed by atoms with Crippen LogP contribution in [0.15, 0.2) is 36.4 Å². The highest BCUT2D eigenvalue weighted by Crippen LogP contribution is 2.34. The van der Waals surface area contributed by atoms with Gasteiger partial charge in [0.05, 0.1) is 12.6 Å². The number of ether oxygens (including phenoxy) is 4. The first-order chi connectivity index (χ1) is 15.1. The Balaban J connectivity index is 1.07. The van der Waals surface area contributed by atoms with Gasteiger partial charge < -0.3 is 24.3 Å². The maximum Gasteiger partial charge on any atom is 0.234 e. The number of amides is 1. The number of rotatable bonds is 6. The number of carbonyl (C=O) groups is 1. The zero-order valence-electron chi connectivity index (χ0n) is 17.6. The Labute approximate surface area is 181 Å². The quantitative estimate of drug-likeness (QED) is 0.760. The molecule has 31 heavy (non-hydrogen) atoms. The lowest BCUT2D eigenvalue weighted by Crippen LogP contribution is -2.49. The third kappa shape index (κ3) is 4.55. The van der Waals surface area contributed by atoms with Gasteiger partial charge in [0.15, 0.2) is 23.0 Å². The van der Waals surface area contributed by atoms with E-state index in [2.05, 4.69) is 27.2 Å². The number of benzene rings is 2. The van der Waals surface area contributed by atoms with Crippen molar-refractivity contribution in [1.29, 1.82) is 0 Å². The lowest BCUT2D eigenvalue weighted by atomic mass is 10.1. The minimum Gasteiger partial charge on any atom is -0.454 e. The Bertz CT molecular complexity index is 958. The van der Waals surface area contributed by atoms with Crippen molar-refractivity contribution in [2.45, 2.75) is 19.5 Å². The number of nitrogens with one attached hydrogen (secondary N) is 1. The van der Waals surface area contributed by atoms with Crippen LogP contribution in [0.1, 0.15) is 24.1 Å². The van der Waals surface area contributed by atoms with Gasteiger partial charge in [-0.1, -0.05) is 12.1 Å². The standard InChI is InChI=1S/C23H27N3O5/c1-16(18-3-5-20-22(11-18)31-15-29-20)24-23(27)13-26-8-6-25(7-9-26)12-17-2-4-19-21(10-17)30-14-28-19/h2-5,10-11,16H,6-9,12-15H2,1H3,(H,24,27)/t16-/m0/s1. The van der Waals surface area contributed by atoms with Crippen LogP contribution in [-0.2, 0) is 11.3 Å². The van der Waals surface area contributed by atoms with Gasteiger partial charge in [-0.3, -0.25) is 14.6 Å². The summed E-state index contributed by atoms with van der Waals surface area (Å²) in [6.45, 7) is 7.42. The molecule has 8 heteroatoms.